The summed E-state index contributed by atoms with van der Waals surface area (Å²) in [6.07, 6.45) is 2.55. The Kier molecular flexibility index (Phi) is 5.65. The van der Waals surface area contributed by atoms with Gasteiger partial charge in [-0.1, -0.05) is 19.9 Å². The Hall–Kier alpha value is -1.29. The largest absolute Gasteiger partial charge is 0.478 e. The molecule has 0 radical (unpaired) electrons. The van der Waals surface area contributed by atoms with Crippen LogP contribution in [0.5, 0.6) is 5.88 Å². The minimum Gasteiger partial charge on any atom is -0.478 e. The number of pyridine rings is 1. The van der Waals surface area contributed by atoms with Gasteiger partial charge in [-0.2, -0.15) is 4.98 Å². The molecule has 20 heavy (non-hydrogen) atoms. The van der Waals surface area contributed by atoms with Crippen LogP contribution in [0.4, 0.5) is 5.82 Å². The first-order valence-electron chi connectivity index (χ1n) is 7.77. The summed E-state index contributed by atoms with van der Waals surface area (Å²) >= 11 is 0. The monoisotopic (exact) mass is 277 g/mol. The first-order chi connectivity index (χ1) is 9.69. The van der Waals surface area contributed by atoms with E-state index in [9.17, 15) is 0 Å². The number of nitrogens with zero attached hydrogens (tertiary/aromatic N) is 2. The third-order valence-electron chi connectivity index (χ3n) is 3.51. The van der Waals surface area contributed by atoms with Gasteiger partial charge in [0.15, 0.2) is 0 Å². The molecule has 1 aliphatic rings. The van der Waals surface area contributed by atoms with Crippen molar-refractivity contribution in [3.8, 4) is 5.88 Å². The molecule has 1 unspecified atom stereocenters. The van der Waals surface area contributed by atoms with Crippen molar-refractivity contribution in [1.29, 1.82) is 0 Å². The fourth-order valence-electron chi connectivity index (χ4n) is 2.69. The number of hydrogen-bond acceptors (Lipinski definition) is 4. The lowest BCUT2D eigenvalue weighted by atomic mass is 10.1. The second-order valence-corrected chi connectivity index (χ2v) is 5.86. The molecule has 0 aliphatic carbocycles. The first kappa shape index (κ1) is 15.1. The lowest BCUT2D eigenvalue weighted by Crippen LogP contribution is -2.39. The number of rotatable bonds is 7. The minimum absolute atomic E-state index is 0.589. The molecule has 1 atom stereocenters. The Bertz CT molecular complexity index is 402. The molecule has 0 amide bonds. The van der Waals surface area contributed by atoms with Crippen molar-refractivity contribution in [3.63, 3.8) is 0 Å². The average molecular weight is 277 g/mol. The zero-order chi connectivity index (χ0) is 14.4. The third kappa shape index (κ3) is 4.37. The lowest BCUT2D eigenvalue weighted by Gasteiger charge is -2.28. The Morgan fingerprint density at radius 1 is 1.45 bits per heavy atom. The maximum absolute atomic E-state index is 5.52. The summed E-state index contributed by atoms with van der Waals surface area (Å²) in [5, 5.41) is 3.57. The SMILES string of the molecule is CCOc1cccc(N(CC(C)C)CC2CCCN2)n1. The highest BCUT2D eigenvalue weighted by molar-refractivity contribution is 5.41. The van der Waals surface area contributed by atoms with Gasteiger partial charge in [-0.25, -0.2) is 0 Å². The van der Waals surface area contributed by atoms with Crippen LogP contribution in [0.15, 0.2) is 18.2 Å². The van der Waals surface area contributed by atoms with E-state index in [0.29, 0.717) is 18.6 Å². The van der Waals surface area contributed by atoms with E-state index in [1.165, 1.54) is 12.8 Å². The van der Waals surface area contributed by atoms with Gasteiger partial charge in [0.05, 0.1) is 6.61 Å². The highest BCUT2D eigenvalue weighted by atomic mass is 16.5. The van der Waals surface area contributed by atoms with Crippen molar-refractivity contribution in [2.24, 2.45) is 5.92 Å². The van der Waals surface area contributed by atoms with Gasteiger partial charge in [0.1, 0.15) is 5.82 Å². The molecule has 1 N–H and O–H groups in total. The molecule has 4 nitrogen and oxygen atoms in total. The normalized spacial score (nSPS) is 18.5. The predicted octanol–water partition coefficient (Wildman–Crippen LogP) is 2.69. The second kappa shape index (κ2) is 7.48. The molecular weight excluding hydrogens is 250 g/mol. The van der Waals surface area contributed by atoms with Crippen molar-refractivity contribution in [2.45, 2.75) is 39.7 Å². The van der Waals surface area contributed by atoms with Crippen LogP contribution >= 0.6 is 0 Å². The molecule has 1 fully saturated rings. The van der Waals surface area contributed by atoms with E-state index < -0.39 is 0 Å². The van der Waals surface area contributed by atoms with E-state index in [2.05, 4.69) is 35.1 Å². The zero-order valence-corrected chi connectivity index (χ0v) is 12.9. The van der Waals surface area contributed by atoms with Gasteiger partial charge in [0.2, 0.25) is 5.88 Å². The topological polar surface area (TPSA) is 37.4 Å². The third-order valence-corrected chi connectivity index (χ3v) is 3.51. The number of aromatic nitrogens is 1. The molecular formula is C16H27N3O. The summed E-state index contributed by atoms with van der Waals surface area (Å²) in [4.78, 5) is 7.02. The molecule has 1 aromatic heterocycles. The molecule has 0 saturated carbocycles. The summed E-state index contributed by atoms with van der Waals surface area (Å²) in [5.41, 5.74) is 0. The van der Waals surface area contributed by atoms with Gasteiger partial charge >= 0.3 is 0 Å². The zero-order valence-electron chi connectivity index (χ0n) is 12.9. The van der Waals surface area contributed by atoms with Crippen LogP contribution in [0.1, 0.15) is 33.6 Å². The Morgan fingerprint density at radius 3 is 2.95 bits per heavy atom. The summed E-state index contributed by atoms with van der Waals surface area (Å²) in [6, 6.07) is 6.63. The number of hydrogen-bond donors (Lipinski definition) is 1. The summed E-state index contributed by atoms with van der Waals surface area (Å²) in [6.45, 7) is 10.4. The number of nitrogens with one attached hydrogen (secondary N) is 1. The highest BCUT2D eigenvalue weighted by Crippen LogP contribution is 2.19. The van der Waals surface area contributed by atoms with Crippen LogP contribution in [-0.4, -0.2) is 37.3 Å². The van der Waals surface area contributed by atoms with E-state index >= 15 is 0 Å². The Morgan fingerprint density at radius 2 is 2.30 bits per heavy atom. The van der Waals surface area contributed by atoms with Crippen LogP contribution in [-0.2, 0) is 0 Å². The Labute approximate surface area is 122 Å². The van der Waals surface area contributed by atoms with Crippen LogP contribution < -0.4 is 15.0 Å². The maximum atomic E-state index is 5.52. The van der Waals surface area contributed by atoms with Crippen LogP contribution in [0.2, 0.25) is 0 Å². The smallest absolute Gasteiger partial charge is 0.215 e. The highest BCUT2D eigenvalue weighted by Gasteiger charge is 2.19. The minimum atomic E-state index is 0.589. The van der Waals surface area contributed by atoms with Crippen molar-refractivity contribution in [1.82, 2.24) is 10.3 Å². The van der Waals surface area contributed by atoms with Gasteiger partial charge < -0.3 is 15.0 Å². The molecule has 112 valence electrons. The molecule has 1 aliphatic heterocycles. The average Bonchev–Trinajstić information content (AvgIpc) is 2.91. The van der Waals surface area contributed by atoms with E-state index in [1.807, 2.05) is 19.1 Å². The predicted molar refractivity (Wildman–Crippen MR) is 83.5 cm³/mol. The number of ether oxygens (including phenoxy) is 1. The van der Waals surface area contributed by atoms with E-state index in [0.717, 1.165) is 31.3 Å². The number of anilines is 1. The second-order valence-electron chi connectivity index (χ2n) is 5.86. The lowest BCUT2D eigenvalue weighted by molar-refractivity contribution is 0.326. The van der Waals surface area contributed by atoms with Crippen molar-refractivity contribution >= 4 is 5.82 Å². The van der Waals surface area contributed by atoms with E-state index in [4.69, 9.17) is 4.74 Å². The van der Waals surface area contributed by atoms with Crippen LogP contribution in [0.3, 0.4) is 0 Å². The molecule has 1 aromatic rings. The molecule has 2 heterocycles. The van der Waals surface area contributed by atoms with Crippen LogP contribution in [0.25, 0.3) is 0 Å². The van der Waals surface area contributed by atoms with E-state index in [-0.39, 0.29) is 0 Å². The van der Waals surface area contributed by atoms with Gasteiger partial charge in [0.25, 0.3) is 0 Å². The standard InChI is InChI=1S/C16H27N3O/c1-4-20-16-9-5-8-15(18-16)19(11-13(2)3)12-14-7-6-10-17-14/h5,8-9,13-14,17H,4,6-7,10-12H2,1-3H3. The summed E-state index contributed by atoms with van der Waals surface area (Å²) < 4.78 is 5.52. The van der Waals surface area contributed by atoms with Crippen molar-refractivity contribution in [2.75, 3.05) is 31.1 Å². The van der Waals surface area contributed by atoms with Gasteiger partial charge in [-0.3, -0.25) is 0 Å². The maximum Gasteiger partial charge on any atom is 0.215 e. The quantitative estimate of drug-likeness (QED) is 0.831. The molecule has 4 heteroatoms. The first-order valence-corrected chi connectivity index (χ1v) is 7.77. The van der Waals surface area contributed by atoms with Gasteiger partial charge in [-0.05, 0) is 38.3 Å². The Balaban J connectivity index is 2.09. The summed E-state index contributed by atoms with van der Waals surface area (Å²) in [5.74, 6) is 2.37. The molecule has 2 rings (SSSR count). The van der Waals surface area contributed by atoms with Gasteiger partial charge in [0, 0.05) is 25.2 Å². The molecule has 0 aromatic carbocycles. The van der Waals surface area contributed by atoms with E-state index in [1.54, 1.807) is 0 Å². The molecule has 0 bridgehead atoms. The fraction of sp³-hybridized carbons (Fsp3) is 0.688. The molecule has 1 saturated heterocycles. The molecule has 0 spiro atoms. The van der Waals surface area contributed by atoms with Gasteiger partial charge in [-0.15, -0.1) is 0 Å². The van der Waals surface area contributed by atoms with Crippen LogP contribution in [0, 0.1) is 5.92 Å². The van der Waals surface area contributed by atoms with Crippen molar-refractivity contribution < 1.29 is 4.74 Å². The summed E-state index contributed by atoms with van der Waals surface area (Å²) in [7, 11) is 0. The van der Waals surface area contributed by atoms with Crippen molar-refractivity contribution in [3.05, 3.63) is 18.2 Å². The fourth-order valence-corrected chi connectivity index (χ4v) is 2.69.